The van der Waals surface area contributed by atoms with Gasteiger partial charge >= 0.3 is 5.97 Å². The van der Waals surface area contributed by atoms with Crippen molar-refractivity contribution in [3.8, 4) is 0 Å². The van der Waals surface area contributed by atoms with Crippen molar-refractivity contribution in [3.05, 3.63) is 0 Å². The Labute approximate surface area is 126 Å². The van der Waals surface area contributed by atoms with Crippen molar-refractivity contribution in [2.24, 2.45) is 5.92 Å². The van der Waals surface area contributed by atoms with E-state index in [1.165, 1.54) is 0 Å². The van der Waals surface area contributed by atoms with Gasteiger partial charge in [0.1, 0.15) is 6.10 Å². The largest absolute Gasteiger partial charge is 0.454 e. The molecule has 2 aliphatic rings. The first-order valence-corrected chi connectivity index (χ1v) is 8.12. The van der Waals surface area contributed by atoms with Crippen LogP contribution in [0.1, 0.15) is 52.4 Å². The van der Waals surface area contributed by atoms with Gasteiger partial charge in [-0.1, -0.05) is 20.3 Å². The van der Waals surface area contributed by atoms with Crippen LogP contribution in [0.2, 0.25) is 0 Å². The van der Waals surface area contributed by atoms with E-state index in [1.807, 2.05) is 0 Å². The van der Waals surface area contributed by atoms with Crippen LogP contribution in [0.15, 0.2) is 0 Å². The van der Waals surface area contributed by atoms with Gasteiger partial charge in [-0.25, -0.2) is 0 Å². The summed E-state index contributed by atoms with van der Waals surface area (Å²) in [4.78, 5) is 23.9. The number of carbonyl (C=O) groups excluding carboxylic acids is 2. The Bertz CT molecular complexity index is 368. The minimum atomic E-state index is -0.588. The molecular formula is C16H26O5. The zero-order chi connectivity index (χ0) is 15.2. The highest BCUT2D eigenvalue weighted by Gasteiger charge is 2.52. The van der Waals surface area contributed by atoms with E-state index in [-0.39, 0.29) is 29.9 Å². The summed E-state index contributed by atoms with van der Waals surface area (Å²) in [5.41, 5.74) is 0. The van der Waals surface area contributed by atoms with Crippen LogP contribution in [0.5, 0.6) is 0 Å². The van der Waals surface area contributed by atoms with E-state index in [2.05, 4.69) is 13.8 Å². The van der Waals surface area contributed by atoms with E-state index < -0.39 is 6.10 Å². The number of ether oxygens (including phenoxy) is 3. The molecule has 0 bridgehead atoms. The maximum absolute atomic E-state index is 12.0. The highest BCUT2D eigenvalue weighted by Crippen LogP contribution is 2.35. The molecule has 1 saturated carbocycles. The Hall–Kier alpha value is -0.940. The molecule has 0 aromatic heterocycles. The summed E-state index contributed by atoms with van der Waals surface area (Å²) >= 11 is 0. The number of rotatable bonds is 9. The molecule has 1 aliphatic carbocycles. The third-order valence-corrected chi connectivity index (χ3v) is 4.22. The Balaban J connectivity index is 1.68. The van der Waals surface area contributed by atoms with Gasteiger partial charge in [0.25, 0.3) is 0 Å². The van der Waals surface area contributed by atoms with Gasteiger partial charge in [-0.3, -0.25) is 9.59 Å². The van der Waals surface area contributed by atoms with Crippen molar-refractivity contribution >= 4 is 11.8 Å². The zero-order valence-electron chi connectivity index (χ0n) is 13.0. The van der Waals surface area contributed by atoms with Crippen LogP contribution < -0.4 is 0 Å². The number of Topliss-reactive ketones (excluding diaryl/α,β-unsaturated/α-hetero) is 1. The second-order valence-corrected chi connectivity index (χ2v) is 5.93. The van der Waals surface area contributed by atoms with Gasteiger partial charge in [0.05, 0.1) is 6.10 Å². The number of hydrogen-bond acceptors (Lipinski definition) is 5. The summed E-state index contributed by atoms with van der Waals surface area (Å²) in [6.45, 7) is 5.58. The van der Waals surface area contributed by atoms with Crippen LogP contribution in [0.3, 0.4) is 0 Å². The molecule has 4 atom stereocenters. The van der Waals surface area contributed by atoms with E-state index in [1.54, 1.807) is 0 Å². The molecule has 2 fully saturated rings. The lowest BCUT2D eigenvalue weighted by Crippen LogP contribution is -2.35. The molecule has 120 valence electrons. The van der Waals surface area contributed by atoms with E-state index in [0.717, 1.165) is 32.3 Å². The summed E-state index contributed by atoms with van der Waals surface area (Å²) in [5, 5.41) is 0. The average Bonchev–Trinajstić information content (AvgIpc) is 3.25. The summed E-state index contributed by atoms with van der Waals surface area (Å²) in [7, 11) is 0. The van der Waals surface area contributed by atoms with E-state index in [0.29, 0.717) is 19.4 Å². The molecule has 5 nitrogen and oxygen atoms in total. The van der Waals surface area contributed by atoms with Crippen molar-refractivity contribution in [3.63, 3.8) is 0 Å². The summed E-state index contributed by atoms with van der Waals surface area (Å²) < 4.78 is 16.0. The lowest BCUT2D eigenvalue weighted by Gasteiger charge is -2.20. The molecule has 0 spiro atoms. The van der Waals surface area contributed by atoms with Gasteiger partial charge in [0.2, 0.25) is 5.78 Å². The Morgan fingerprint density at radius 2 is 2.14 bits per heavy atom. The Morgan fingerprint density at radius 1 is 1.33 bits per heavy atom. The number of fused-ring (bicyclic) bond motifs is 1. The fraction of sp³-hybridized carbons (Fsp3) is 0.875. The summed E-state index contributed by atoms with van der Waals surface area (Å²) in [5.74, 6) is -0.0632. The van der Waals surface area contributed by atoms with Crippen LogP contribution in [0, 0.1) is 5.92 Å². The summed E-state index contributed by atoms with van der Waals surface area (Å²) in [6, 6.07) is 0. The minimum Gasteiger partial charge on any atom is -0.454 e. The normalized spacial score (nSPS) is 28.9. The number of epoxide rings is 1. The van der Waals surface area contributed by atoms with Gasteiger partial charge in [-0.15, -0.1) is 0 Å². The molecule has 0 aromatic carbocycles. The quantitative estimate of drug-likeness (QED) is 0.371. The van der Waals surface area contributed by atoms with Crippen LogP contribution in [-0.2, 0) is 23.8 Å². The topological polar surface area (TPSA) is 65.1 Å². The molecule has 1 heterocycles. The maximum atomic E-state index is 12.0. The van der Waals surface area contributed by atoms with Crippen molar-refractivity contribution in [1.29, 1.82) is 0 Å². The second-order valence-electron chi connectivity index (χ2n) is 5.93. The van der Waals surface area contributed by atoms with Crippen LogP contribution >= 0.6 is 0 Å². The van der Waals surface area contributed by atoms with Crippen molar-refractivity contribution in [2.75, 3.05) is 13.2 Å². The lowest BCUT2D eigenvalue weighted by atomic mass is 9.96. The standard InChI is InChI=1S/C16H26O5/c1-3-8-19-9-7-11(4-2)10-14(17)20-12-5-6-13-16(21-13)15(12)18/h11-13,16H,3-10H2,1-2H3. The highest BCUT2D eigenvalue weighted by atomic mass is 16.6. The SMILES string of the molecule is CCCOCCC(CC)CC(=O)OC1CCC2OC2C1=O. The predicted octanol–water partition coefficient (Wildman–Crippen LogP) is 2.26. The van der Waals surface area contributed by atoms with E-state index >= 15 is 0 Å². The Kier molecular flexibility index (Phi) is 6.18. The molecule has 0 N–H and O–H groups in total. The maximum Gasteiger partial charge on any atom is 0.306 e. The lowest BCUT2D eigenvalue weighted by molar-refractivity contribution is -0.157. The monoisotopic (exact) mass is 298 g/mol. The second kappa shape index (κ2) is 7.90. The van der Waals surface area contributed by atoms with Gasteiger partial charge in [-0.2, -0.15) is 0 Å². The van der Waals surface area contributed by atoms with Crippen molar-refractivity contribution in [1.82, 2.24) is 0 Å². The van der Waals surface area contributed by atoms with Gasteiger partial charge in [-0.05, 0) is 31.6 Å². The smallest absolute Gasteiger partial charge is 0.306 e. The van der Waals surface area contributed by atoms with Gasteiger partial charge < -0.3 is 14.2 Å². The molecule has 5 heteroatoms. The average molecular weight is 298 g/mol. The zero-order valence-corrected chi connectivity index (χ0v) is 13.0. The molecule has 1 aliphatic heterocycles. The van der Waals surface area contributed by atoms with Crippen LogP contribution in [0.4, 0.5) is 0 Å². The highest BCUT2D eigenvalue weighted by molar-refractivity contribution is 5.92. The van der Waals surface area contributed by atoms with Crippen LogP contribution in [-0.4, -0.2) is 43.3 Å². The van der Waals surface area contributed by atoms with E-state index in [9.17, 15) is 9.59 Å². The first-order valence-electron chi connectivity index (χ1n) is 8.12. The first kappa shape index (κ1) is 16.4. The fourth-order valence-corrected chi connectivity index (χ4v) is 2.76. The van der Waals surface area contributed by atoms with Gasteiger partial charge in [0.15, 0.2) is 6.10 Å². The van der Waals surface area contributed by atoms with E-state index in [4.69, 9.17) is 14.2 Å². The molecular weight excluding hydrogens is 272 g/mol. The minimum absolute atomic E-state index is 0.0565. The number of hydrogen-bond donors (Lipinski definition) is 0. The molecule has 2 rings (SSSR count). The molecule has 0 aromatic rings. The molecule has 4 unspecified atom stereocenters. The fourth-order valence-electron chi connectivity index (χ4n) is 2.76. The van der Waals surface area contributed by atoms with Crippen molar-refractivity contribution < 1.29 is 23.8 Å². The summed E-state index contributed by atoms with van der Waals surface area (Å²) in [6.07, 6.45) is 3.76. The molecule has 21 heavy (non-hydrogen) atoms. The first-order chi connectivity index (χ1) is 10.2. The predicted molar refractivity (Wildman–Crippen MR) is 76.9 cm³/mol. The Morgan fingerprint density at radius 3 is 2.86 bits per heavy atom. The number of esters is 1. The third-order valence-electron chi connectivity index (χ3n) is 4.22. The van der Waals surface area contributed by atoms with Gasteiger partial charge in [0, 0.05) is 19.6 Å². The molecule has 0 radical (unpaired) electrons. The number of carbonyl (C=O) groups is 2. The molecule has 1 saturated heterocycles. The third kappa shape index (κ3) is 4.78. The molecule has 0 amide bonds. The van der Waals surface area contributed by atoms with Crippen LogP contribution in [0.25, 0.3) is 0 Å². The van der Waals surface area contributed by atoms with Crippen molar-refractivity contribution in [2.45, 2.75) is 70.7 Å². The number of ketones is 1.